The zero-order valence-corrected chi connectivity index (χ0v) is 17.8. The van der Waals surface area contributed by atoms with Gasteiger partial charge in [0.1, 0.15) is 5.75 Å². The van der Waals surface area contributed by atoms with E-state index in [2.05, 4.69) is 0 Å². The second kappa shape index (κ2) is 9.61. The maximum absolute atomic E-state index is 13.3. The molecule has 0 unspecified atom stereocenters. The molecule has 1 amide bonds. The minimum Gasteiger partial charge on any atom is -0.494 e. The summed E-state index contributed by atoms with van der Waals surface area (Å²) in [5, 5.41) is 0.400. The van der Waals surface area contributed by atoms with Crippen LogP contribution in [0.5, 0.6) is 5.75 Å². The van der Waals surface area contributed by atoms with Crippen LogP contribution in [0.25, 0.3) is 6.08 Å². The summed E-state index contributed by atoms with van der Waals surface area (Å²) in [5.41, 5.74) is 0.984. The Kier molecular flexibility index (Phi) is 6.92. The largest absolute Gasteiger partial charge is 0.494 e. The van der Waals surface area contributed by atoms with Gasteiger partial charge >= 0.3 is 0 Å². The van der Waals surface area contributed by atoms with Crippen LogP contribution in [0, 0.1) is 0 Å². The SMILES string of the molecule is CCOc1ccc(N(C(=O)/C=C/c2ccccc2)S(=O)(=O)c2ccc(Cl)cc2)cc1. The maximum atomic E-state index is 13.3. The van der Waals surface area contributed by atoms with Crippen LogP contribution >= 0.6 is 11.6 Å². The Morgan fingerprint density at radius 3 is 2.20 bits per heavy atom. The van der Waals surface area contributed by atoms with Crippen molar-refractivity contribution in [3.63, 3.8) is 0 Å². The molecule has 0 aliphatic heterocycles. The van der Waals surface area contributed by atoms with Crippen LogP contribution in [-0.4, -0.2) is 20.9 Å². The van der Waals surface area contributed by atoms with Crippen molar-refractivity contribution >= 4 is 39.3 Å². The molecule has 0 saturated heterocycles. The summed E-state index contributed by atoms with van der Waals surface area (Å²) in [6, 6.07) is 21.1. The monoisotopic (exact) mass is 441 g/mol. The number of carbonyl (C=O) groups excluding carboxylic acids is 1. The Balaban J connectivity index is 2.02. The average Bonchev–Trinajstić information content (AvgIpc) is 2.75. The lowest BCUT2D eigenvalue weighted by molar-refractivity contribution is -0.113. The highest BCUT2D eigenvalue weighted by Gasteiger charge is 2.29. The molecule has 0 aliphatic rings. The number of carbonyl (C=O) groups is 1. The standard InChI is InChI=1S/C23H20ClNO4S/c1-2-29-21-13-11-20(12-14-21)25(23(26)17-8-18-6-4-3-5-7-18)30(27,28)22-15-9-19(24)10-16-22/h3-17H,2H2,1H3/b17-8+. The van der Waals surface area contributed by atoms with Crippen molar-refractivity contribution in [3.05, 3.63) is 95.5 Å². The van der Waals surface area contributed by atoms with Gasteiger partial charge in [0.05, 0.1) is 17.2 Å². The molecule has 3 rings (SSSR count). The molecule has 0 aliphatic carbocycles. The summed E-state index contributed by atoms with van der Waals surface area (Å²) in [6.45, 7) is 2.33. The number of halogens is 1. The fraction of sp³-hybridized carbons (Fsp3) is 0.0870. The van der Waals surface area contributed by atoms with Crippen molar-refractivity contribution in [1.29, 1.82) is 0 Å². The number of nitrogens with zero attached hydrogens (tertiary/aromatic N) is 1. The molecule has 0 spiro atoms. The molecule has 154 valence electrons. The Bertz CT molecular complexity index is 1130. The minimum absolute atomic E-state index is 0.0396. The van der Waals surface area contributed by atoms with Crippen LogP contribution in [-0.2, 0) is 14.8 Å². The first-order chi connectivity index (χ1) is 14.4. The van der Waals surface area contributed by atoms with E-state index in [4.69, 9.17) is 16.3 Å². The van der Waals surface area contributed by atoms with E-state index in [1.165, 1.54) is 42.5 Å². The van der Waals surface area contributed by atoms with Crippen LogP contribution in [0.4, 0.5) is 5.69 Å². The molecule has 0 bridgehead atoms. The van der Waals surface area contributed by atoms with Crippen LogP contribution < -0.4 is 9.04 Å². The van der Waals surface area contributed by atoms with Crippen molar-refractivity contribution in [2.45, 2.75) is 11.8 Å². The molecule has 0 fully saturated rings. The number of amides is 1. The van der Waals surface area contributed by atoms with Gasteiger partial charge in [0.2, 0.25) is 0 Å². The Hall–Kier alpha value is -3.09. The molecule has 0 radical (unpaired) electrons. The van der Waals surface area contributed by atoms with Crippen molar-refractivity contribution < 1.29 is 17.9 Å². The number of benzene rings is 3. The predicted molar refractivity (Wildman–Crippen MR) is 119 cm³/mol. The fourth-order valence-corrected chi connectivity index (χ4v) is 4.25. The highest BCUT2D eigenvalue weighted by molar-refractivity contribution is 7.93. The summed E-state index contributed by atoms with van der Waals surface area (Å²) < 4.78 is 32.8. The number of rotatable bonds is 7. The van der Waals surface area contributed by atoms with Crippen molar-refractivity contribution in [1.82, 2.24) is 0 Å². The molecule has 0 saturated carbocycles. The summed E-state index contributed by atoms with van der Waals surface area (Å²) in [4.78, 5) is 13.0. The number of ether oxygens (including phenoxy) is 1. The van der Waals surface area contributed by atoms with E-state index in [1.807, 2.05) is 37.3 Å². The Morgan fingerprint density at radius 1 is 0.967 bits per heavy atom. The molecule has 5 nitrogen and oxygen atoms in total. The summed E-state index contributed by atoms with van der Waals surface area (Å²) in [5.74, 6) is -0.115. The topological polar surface area (TPSA) is 63.7 Å². The highest BCUT2D eigenvalue weighted by atomic mass is 35.5. The quantitative estimate of drug-likeness (QED) is 0.474. The summed E-state index contributed by atoms with van der Waals surface area (Å²) in [6.07, 6.45) is 2.81. The third kappa shape index (κ3) is 5.09. The Labute approximate surface area is 181 Å². The van der Waals surface area contributed by atoms with Gasteiger partial charge in [0, 0.05) is 11.1 Å². The molecular formula is C23H20ClNO4S. The predicted octanol–water partition coefficient (Wildman–Crippen LogP) is 5.17. The van der Waals surface area contributed by atoms with Gasteiger partial charge in [-0.25, -0.2) is 8.42 Å². The van der Waals surface area contributed by atoms with E-state index in [-0.39, 0.29) is 10.6 Å². The van der Waals surface area contributed by atoms with Gasteiger partial charge in [-0.05, 0) is 67.1 Å². The minimum atomic E-state index is -4.17. The summed E-state index contributed by atoms with van der Waals surface area (Å²) >= 11 is 5.89. The lowest BCUT2D eigenvalue weighted by Gasteiger charge is -2.21. The molecule has 30 heavy (non-hydrogen) atoms. The summed E-state index contributed by atoms with van der Waals surface area (Å²) in [7, 11) is -4.17. The number of sulfonamides is 1. The smallest absolute Gasteiger partial charge is 0.271 e. The second-order valence-electron chi connectivity index (χ2n) is 6.23. The van der Waals surface area contributed by atoms with Crippen LogP contribution in [0.15, 0.2) is 89.8 Å². The van der Waals surface area contributed by atoms with Gasteiger partial charge in [0.15, 0.2) is 0 Å². The molecule has 0 N–H and O–H groups in total. The Morgan fingerprint density at radius 2 is 1.60 bits per heavy atom. The first kappa shape index (κ1) is 21.6. The fourth-order valence-electron chi connectivity index (χ4n) is 2.74. The number of hydrogen-bond donors (Lipinski definition) is 0. The zero-order valence-electron chi connectivity index (χ0n) is 16.2. The lowest BCUT2D eigenvalue weighted by atomic mass is 10.2. The second-order valence-corrected chi connectivity index (χ2v) is 8.46. The third-order valence-electron chi connectivity index (χ3n) is 4.15. The molecule has 7 heteroatoms. The van der Waals surface area contributed by atoms with Gasteiger partial charge < -0.3 is 4.74 Å². The van der Waals surface area contributed by atoms with E-state index in [0.717, 1.165) is 9.87 Å². The van der Waals surface area contributed by atoms with Crippen LogP contribution in [0.3, 0.4) is 0 Å². The van der Waals surface area contributed by atoms with Crippen molar-refractivity contribution in [2.24, 2.45) is 0 Å². The molecule has 0 atom stereocenters. The third-order valence-corrected chi connectivity index (χ3v) is 6.14. The van der Waals surface area contributed by atoms with E-state index in [1.54, 1.807) is 18.2 Å². The maximum Gasteiger partial charge on any atom is 0.271 e. The van der Waals surface area contributed by atoms with E-state index >= 15 is 0 Å². The van der Waals surface area contributed by atoms with Gasteiger partial charge in [-0.15, -0.1) is 0 Å². The lowest BCUT2D eigenvalue weighted by Crippen LogP contribution is -2.35. The molecule has 3 aromatic carbocycles. The highest BCUT2D eigenvalue weighted by Crippen LogP contribution is 2.27. The zero-order chi connectivity index (χ0) is 21.6. The average molecular weight is 442 g/mol. The number of anilines is 1. The molecular weight excluding hydrogens is 422 g/mol. The van der Waals surface area contributed by atoms with Crippen molar-refractivity contribution in [3.8, 4) is 5.75 Å². The van der Waals surface area contributed by atoms with E-state index in [9.17, 15) is 13.2 Å². The van der Waals surface area contributed by atoms with Crippen molar-refractivity contribution in [2.75, 3.05) is 10.9 Å². The van der Waals surface area contributed by atoms with E-state index < -0.39 is 15.9 Å². The molecule has 3 aromatic rings. The number of hydrogen-bond acceptors (Lipinski definition) is 4. The van der Waals surface area contributed by atoms with E-state index in [0.29, 0.717) is 17.4 Å². The van der Waals surface area contributed by atoms with Crippen LogP contribution in [0.1, 0.15) is 12.5 Å². The first-order valence-electron chi connectivity index (χ1n) is 9.22. The molecule has 0 aromatic heterocycles. The van der Waals surface area contributed by atoms with Gasteiger partial charge in [0.25, 0.3) is 15.9 Å². The molecule has 0 heterocycles. The van der Waals surface area contributed by atoms with Gasteiger partial charge in [-0.1, -0.05) is 41.9 Å². The van der Waals surface area contributed by atoms with Gasteiger partial charge in [-0.3, -0.25) is 4.79 Å². The normalized spacial score (nSPS) is 11.4. The van der Waals surface area contributed by atoms with Gasteiger partial charge in [-0.2, -0.15) is 4.31 Å². The van der Waals surface area contributed by atoms with Crippen LogP contribution in [0.2, 0.25) is 5.02 Å². The first-order valence-corrected chi connectivity index (χ1v) is 11.0.